The number of aromatic hydroxyl groups is 1. The number of phenols is 1. The third kappa shape index (κ3) is 3.96. The molecular formula is C10H11NaO3. The van der Waals surface area contributed by atoms with Gasteiger partial charge in [0.1, 0.15) is 12.4 Å². The summed E-state index contributed by atoms with van der Waals surface area (Å²) in [6.45, 7) is 3.62. The Morgan fingerprint density at radius 1 is 1.50 bits per heavy atom. The van der Waals surface area contributed by atoms with E-state index in [0.29, 0.717) is 5.56 Å². The van der Waals surface area contributed by atoms with Gasteiger partial charge in [0.05, 0.1) is 5.56 Å². The van der Waals surface area contributed by atoms with E-state index in [1.165, 1.54) is 30.3 Å². The van der Waals surface area contributed by atoms with E-state index in [1.54, 1.807) is 0 Å². The van der Waals surface area contributed by atoms with Crippen LogP contribution in [-0.4, -0.2) is 17.7 Å². The Morgan fingerprint density at radius 3 is 2.57 bits per heavy atom. The minimum absolute atomic E-state index is 0. The summed E-state index contributed by atoms with van der Waals surface area (Å²) >= 11 is 0. The summed E-state index contributed by atoms with van der Waals surface area (Å²) in [5.41, 5.74) is 0.416. The molecule has 70 valence electrons. The molecule has 0 radical (unpaired) electrons. The van der Waals surface area contributed by atoms with Crippen LogP contribution in [0.4, 0.5) is 0 Å². The first-order chi connectivity index (χ1) is 6.24. The van der Waals surface area contributed by atoms with Gasteiger partial charge in [0, 0.05) is 0 Å². The molecular weight excluding hydrogens is 191 g/mol. The van der Waals surface area contributed by atoms with Crippen LogP contribution in [0.25, 0.3) is 0 Å². The average Bonchev–Trinajstić information content (AvgIpc) is 2.15. The normalized spacial score (nSPS) is 8.57. The maximum absolute atomic E-state index is 11.2. The third-order valence-electron chi connectivity index (χ3n) is 1.44. The largest absolute Gasteiger partial charge is 1.00 e. The van der Waals surface area contributed by atoms with E-state index in [-0.39, 0.29) is 43.3 Å². The van der Waals surface area contributed by atoms with Crippen molar-refractivity contribution in [1.29, 1.82) is 0 Å². The van der Waals surface area contributed by atoms with Crippen LogP contribution in [0.5, 0.6) is 5.75 Å². The van der Waals surface area contributed by atoms with E-state index in [9.17, 15) is 4.79 Å². The molecule has 0 aromatic heterocycles. The Balaban J connectivity index is 0. The quantitative estimate of drug-likeness (QED) is 0.382. The Labute approximate surface area is 106 Å². The molecule has 3 nitrogen and oxygen atoms in total. The molecule has 1 N–H and O–H groups in total. The fourth-order valence-corrected chi connectivity index (χ4v) is 0.815. The fraction of sp³-hybridized carbons (Fsp3) is 0.100. The smallest absolute Gasteiger partial charge is 1.00 e. The minimum atomic E-state index is -0.417. The maximum Gasteiger partial charge on any atom is 1.00 e. The van der Waals surface area contributed by atoms with Gasteiger partial charge in [0.2, 0.25) is 0 Å². The number of rotatable bonds is 3. The summed E-state index contributed by atoms with van der Waals surface area (Å²) in [5, 5.41) is 8.95. The Bertz CT molecular complexity index is 311. The molecule has 1 aromatic carbocycles. The maximum atomic E-state index is 11.2. The zero-order chi connectivity index (χ0) is 9.68. The zero-order valence-electron chi connectivity index (χ0n) is 9.06. The van der Waals surface area contributed by atoms with Crippen LogP contribution in [0.15, 0.2) is 36.9 Å². The summed E-state index contributed by atoms with van der Waals surface area (Å²) in [6, 6.07) is 5.87. The van der Waals surface area contributed by atoms with Crippen LogP contribution in [0.3, 0.4) is 0 Å². The first-order valence-corrected chi connectivity index (χ1v) is 3.81. The number of carbonyl (C=O) groups excluding carboxylic acids is 1. The molecule has 0 saturated heterocycles. The van der Waals surface area contributed by atoms with Gasteiger partial charge in [-0.2, -0.15) is 0 Å². The number of ether oxygens (including phenoxy) is 1. The van der Waals surface area contributed by atoms with Gasteiger partial charge in [0.25, 0.3) is 0 Å². The van der Waals surface area contributed by atoms with Gasteiger partial charge in [-0.15, -0.1) is 0 Å². The molecule has 0 heterocycles. The molecule has 0 unspecified atom stereocenters. The van der Waals surface area contributed by atoms with Crippen LogP contribution < -0.4 is 29.6 Å². The molecule has 0 aliphatic heterocycles. The van der Waals surface area contributed by atoms with Gasteiger partial charge in [-0.25, -0.2) is 4.79 Å². The molecule has 0 fully saturated rings. The fourth-order valence-electron chi connectivity index (χ4n) is 0.815. The van der Waals surface area contributed by atoms with Crippen LogP contribution in [-0.2, 0) is 4.74 Å². The Hall–Kier alpha value is -0.770. The zero-order valence-corrected chi connectivity index (χ0v) is 10.1. The van der Waals surface area contributed by atoms with E-state index < -0.39 is 5.97 Å². The second-order valence-electron chi connectivity index (χ2n) is 2.43. The van der Waals surface area contributed by atoms with Crippen molar-refractivity contribution < 1.29 is 45.6 Å². The van der Waals surface area contributed by atoms with Crippen molar-refractivity contribution in [3.8, 4) is 5.75 Å². The van der Waals surface area contributed by atoms with Gasteiger partial charge in [-0.05, 0) is 24.3 Å². The number of phenolic OH excluding ortho intramolecular Hbond substituents is 1. The van der Waals surface area contributed by atoms with Crippen LogP contribution in [0.1, 0.15) is 11.8 Å². The predicted molar refractivity (Wildman–Crippen MR) is 49.7 cm³/mol. The Morgan fingerprint density at radius 2 is 2.07 bits per heavy atom. The van der Waals surface area contributed by atoms with Gasteiger partial charge >= 0.3 is 35.5 Å². The van der Waals surface area contributed by atoms with Gasteiger partial charge in [-0.1, -0.05) is 12.7 Å². The second kappa shape index (κ2) is 6.65. The number of hydrogen-bond donors (Lipinski definition) is 1. The third-order valence-corrected chi connectivity index (χ3v) is 1.44. The monoisotopic (exact) mass is 202 g/mol. The van der Waals surface area contributed by atoms with Crippen molar-refractivity contribution in [2.75, 3.05) is 6.61 Å². The number of hydrogen-bond acceptors (Lipinski definition) is 3. The topological polar surface area (TPSA) is 46.5 Å². The summed E-state index contributed by atoms with van der Waals surface area (Å²) in [5.74, 6) is -0.292. The molecule has 14 heavy (non-hydrogen) atoms. The van der Waals surface area contributed by atoms with Crippen molar-refractivity contribution in [2.24, 2.45) is 0 Å². The second-order valence-corrected chi connectivity index (χ2v) is 2.43. The summed E-state index contributed by atoms with van der Waals surface area (Å²) in [7, 11) is 0. The van der Waals surface area contributed by atoms with E-state index in [4.69, 9.17) is 9.84 Å². The number of esters is 1. The summed E-state index contributed by atoms with van der Waals surface area (Å²) in [4.78, 5) is 11.2. The minimum Gasteiger partial charge on any atom is -1.00 e. The van der Waals surface area contributed by atoms with Crippen LogP contribution in [0.2, 0.25) is 0 Å². The van der Waals surface area contributed by atoms with Crippen LogP contribution in [0, 0.1) is 0 Å². The molecule has 1 aromatic rings. The van der Waals surface area contributed by atoms with Crippen molar-refractivity contribution >= 4 is 5.97 Å². The summed E-state index contributed by atoms with van der Waals surface area (Å²) in [6.07, 6.45) is 1.50. The molecule has 4 heteroatoms. The first-order valence-electron chi connectivity index (χ1n) is 3.81. The summed E-state index contributed by atoms with van der Waals surface area (Å²) < 4.78 is 4.78. The van der Waals surface area contributed by atoms with E-state index in [1.807, 2.05) is 0 Å². The van der Waals surface area contributed by atoms with Crippen molar-refractivity contribution in [3.63, 3.8) is 0 Å². The van der Waals surface area contributed by atoms with E-state index >= 15 is 0 Å². The average molecular weight is 202 g/mol. The standard InChI is InChI=1S/C10H10O3.Na.H/c1-2-7-13-10(12)8-3-5-9(11)6-4-8;;/h2-6,11H,1,7H2;;/q;+1;-1. The molecule has 0 spiro atoms. The van der Waals surface area contributed by atoms with Gasteiger partial charge in [0.15, 0.2) is 0 Å². The first kappa shape index (κ1) is 13.2. The molecule has 0 atom stereocenters. The van der Waals surface area contributed by atoms with Gasteiger partial charge in [-0.3, -0.25) is 0 Å². The number of carbonyl (C=O) groups is 1. The van der Waals surface area contributed by atoms with Crippen molar-refractivity contribution in [1.82, 2.24) is 0 Å². The molecule has 0 aliphatic rings. The van der Waals surface area contributed by atoms with Crippen molar-refractivity contribution in [3.05, 3.63) is 42.5 Å². The van der Waals surface area contributed by atoms with Crippen molar-refractivity contribution in [2.45, 2.75) is 0 Å². The van der Waals surface area contributed by atoms with E-state index in [0.717, 1.165) is 0 Å². The van der Waals surface area contributed by atoms with Crippen LogP contribution >= 0.6 is 0 Å². The van der Waals surface area contributed by atoms with E-state index in [2.05, 4.69) is 6.58 Å². The number of benzene rings is 1. The Kier molecular flexibility index (Phi) is 6.28. The molecule has 0 saturated carbocycles. The SMILES string of the molecule is C=CCOC(=O)c1ccc(O)cc1.[H-].[Na+]. The molecule has 1 rings (SSSR count). The molecule has 0 aliphatic carbocycles. The molecule has 0 amide bonds. The van der Waals surface area contributed by atoms with Gasteiger partial charge < -0.3 is 11.3 Å². The predicted octanol–water partition coefficient (Wildman–Crippen LogP) is -1.15. The molecule has 0 bridgehead atoms.